The largest absolute Gasteiger partial charge is 0.411 e. The second-order valence-corrected chi connectivity index (χ2v) is 4.04. The van der Waals surface area contributed by atoms with Gasteiger partial charge in [-0.2, -0.15) is 13.2 Å². The Morgan fingerprint density at radius 1 is 1.16 bits per heavy atom. The number of aryl methyl sites for hydroxylation is 1. The molecule has 0 saturated carbocycles. The van der Waals surface area contributed by atoms with Crippen LogP contribution in [0.25, 0.3) is 11.0 Å². The van der Waals surface area contributed by atoms with Crippen LogP contribution >= 0.6 is 0 Å². The van der Waals surface area contributed by atoms with Gasteiger partial charge in [0.25, 0.3) is 0 Å². The molecule has 0 N–H and O–H groups in total. The van der Waals surface area contributed by atoms with Gasteiger partial charge in [0.1, 0.15) is 13.3 Å². The zero-order valence-electron chi connectivity index (χ0n) is 10.3. The first-order chi connectivity index (χ1) is 8.94. The highest BCUT2D eigenvalue weighted by atomic mass is 19.4. The van der Waals surface area contributed by atoms with Crippen molar-refractivity contribution in [3.8, 4) is 0 Å². The number of aromatic nitrogens is 2. The number of rotatable bonds is 4. The highest BCUT2D eigenvalue weighted by Gasteiger charge is 2.27. The monoisotopic (exact) mass is 274 g/mol. The van der Waals surface area contributed by atoms with Gasteiger partial charge in [0.15, 0.2) is 0 Å². The summed E-state index contributed by atoms with van der Waals surface area (Å²) in [5.41, 5.74) is 0.882. The molecule has 2 rings (SSSR count). The Morgan fingerprint density at radius 2 is 1.74 bits per heavy atom. The van der Waals surface area contributed by atoms with Gasteiger partial charge in [0.2, 0.25) is 0 Å². The lowest BCUT2D eigenvalue weighted by Crippen LogP contribution is -2.26. The summed E-state index contributed by atoms with van der Waals surface area (Å²) in [6.07, 6.45) is -4.40. The molecule has 0 aliphatic heterocycles. The SMILES string of the molecule is CCn1c(=O)n(COCC(F)(F)F)c2ccccc21. The first kappa shape index (κ1) is 13.7. The zero-order chi connectivity index (χ0) is 14.0. The van der Waals surface area contributed by atoms with Crippen molar-refractivity contribution in [1.29, 1.82) is 0 Å². The van der Waals surface area contributed by atoms with Crippen LogP contribution in [0, 0.1) is 0 Å². The van der Waals surface area contributed by atoms with E-state index in [4.69, 9.17) is 0 Å². The molecule has 0 fully saturated rings. The molecule has 4 nitrogen and oxygen atoms in total. The molecule has 0 atom stereocenters. The molecule has 1 aromatic carbocycles. The summed E-state index contributed by atoms with van der Waals surface area (Å²) in [5, 5.41) is 0. The van der Waals surface area contributed by atoms with Crippen LogP contribution in [0.15, 0.2) is 29.1 Å². The van der Waals surface area contributed by atoms with Gasteiger partial charge in [-0.1, -0.05) is 12.1 Å². The number of ether oxygens (including phenoxy) is 1. The summed E-state index contributed by atoms with van der Waals surface area (Å²) in [4.78, 5) is 12.0. The van der Waals surface area contributed by atoms with Crippen molar-refractivity contribution in [2.45, 2.75) is 26.4 Å². The van der Waals surface area contributed by atoms with E-state index >= 15 is 0 Å². The minimum Gasteiger partial charge on any atom is -0.351 e. The molecular formula is C12H13F3N2O2. The number of hydrogen-bond donors (Lipinski definition) is 0. The average Bonchev–Trinajstić information content (AvgIpc) is 2.61. The molecule has 19 heavy (non-hydrogen) atoms. The zero-order valence-corrected chi connectivity index (χ0v) is 10.3. The standard InChI is InChI=1S/C12H13F3N2O2/c1-2-16-9-5-3-4-6-10(9)17(11(16)18)8-19-7-12(13,14)15/h3-6H,2,7-8H2,1H3. The molecule has 0 saturated heterocycles. The highest BCUT2D eigenvalue weighted by molar-refractivity contribution is 5.75. The Kier molecular flexibility index (Phi) is 3.66. The fourth-order valence-electron chi connectivity index (χ4n) is 1.96. The average molecular weight is 274 g/mol. The summed E-state index contributed by atoms with van der Waals surface area (Å²) < 4.78 is 43.3. The van der Waals surface area contributed by atoms with Gasteiger partial charge in [0.05, 0.1) is 11.0 Å². The van der Waals surface area contributed by atoms with E-state index in [-0.39, 0.29) is 5.69 Å². The predicted octanol–water partition coefficient (Wildman–Crippen LogP) is 2.36. The Balaban J connectivity index is 2.33. The van der Waals surface area contributed by atoms with E-state index in [1.54, 1.807) is 31.2 Å². The van der Waals surface area contributed by atoms with Gasteiger partial charge in [-0.05, 0) is 19.1 Å². The van der Waals surface area contributed by atoms with Crippen molar-refractivity contribution < 1.29 is 17.9 Å². The number of benzene rings is 1. The minimum atomic E-state index is -4.40. The Morgan fingerprint density at radius 3 is 2.26 bits per heavy atom. The van der Waals surface area contributed by atoms with E-state index in [0.717, 1.165) is 0 Å². The molecular weight excluding hydrogens is 261 g/mol. The number of halogens is 3. The van der Waals surface area contributed by atoms with E-state index in [9.17, 15) is 18.0 Å². The molecule has 0 radical (unpaired) electrons. The number of imidazole rings is 1. The van der Waals surface area contributed by atoms with Gasteiger partial charge in [0, 0.05) is 6.54 Å². The quantitative estimate of drug-likeness (QED) is 0.858. The second-order valence-electron chi connectivity index (χ2n) is 4.04. The number of hydrogen-bond acceptors (Lipinski definition) is 2. The van der Waals surface area contributed by atoms with Crippen molar-refractivity contribution in [2.75, 3.05) is 6.61 Å². The number of nitrogens with zero attached hydrogens (tertiary/aromatic N) is 2. The van der Waals surface area contributed by atoms with Gasteiger partial charge < -0.3 is 4.74 Å². The maximum Gasteiger partial charge on any atom is 0.411 e. The lowest BCUT2D eigenvalue weighted by molar-refractivity contribution is -0.181. The lowest BCUT2D eigenvalue weighted by Gasteiger charge is -2.08. The summed E-state index contributed by atoms with van der Waals surface area (Å²) in [6.45, 7) is 0.470. The summed E-state index contributed by atoms with van der Waals surface area (Å²) in [7, 11) is 0. The fraction of sp³-hybridized carbons (Fsp3) is 0.417. The van der Waals surface area contributed by atoms with Gasteiger partial charge in [-0.3, -0.25) is 9.13 Å². The third-order valence-corrected chi connectivity index (χ3v) is 2.73. The van der Waals surface area contributed by atoms with Crippen LogP contribution in [-0.2, 0) is 18.0 Å². The van der Waals surface area contributed by atoms with Crippen molar-refractivity contribution in [2.24, 2.45) is 0 Å². The minimum absolute atomic E-state index is 0.370. The number of alkyl halides is 3. The van der Waals surface area contributed by atoms with Gasteiger partial charge in [-0.15, -0.1) is 0 Å². The fourth-order valence-corrected chi connectivity index (χ4v) is 1.96. The first-order valence-electron chi connectivity index (χ1n) is 5.76. The van der Waals surface area contributed by atoms with Crippen LogP contribution in [0.2, 0.25) is 0 Å². The maximum absolute atomic E-state index is 12.0. The third-order valence-electron chi connectivity index (χ3n) is 2.73. The topological polar surface area (TPSA) is 36.2 Å². The molecule has 104 valence electrons. The molecule has 1 aromatic heterocycles. The van der Waals surface area contributed by atoms with Crippen molar-refractivity contribution >= 4 is 11.0 Å². The normalized spacial score (nSPS) is 12.2. The van der Waals surface area contributed by atoms with Crippen molar-refractivity contribution in [3.05, 3.63) is 34.7 Å². The smallest absolute Gasteiger partial charge is 0.351 e. The molecule has 0 aliphatic carbocycles. The Hall–Kier alpha value is -1.76. The molecule has 0 bridgehead atoms. The van der Waals surface area contributed by atoms with Crippen LogP contribution in [-0.4, -0.2) is 21.9 Å². The van der Waals surface area contributed by atoms with Crippen molar-refractivity contribution in [3.63, 3.8) is 0 Å². The van der Waals surface area contributed by atoms with Gasteiger partial charge in [-0.25, -0.2) is 4.79 Å². The first-order valence-corrected chi connectivity index (χ1v) is 5.76. The highest BCUT2D eigenvalue weighted by Crippen LogP contribution is 2.16. The van der Waals surface area contributed by atoms with Crippen LogP contribution in [0.1, 0.15) is 6.92 Å². The van der Waals surface area contributed by atoms with Crippen LogP contribution < -0.4 is 5.69 Å². The van der Waals surface area contributed by atoms with E-state index < -0.39 is 19.5 Å². The molecule has 0 aliphatic rings. The predicted molar refractivity (Wildman–Crippen MR) is 63.9 cm³/mol. The number of fused-ring (bicyclic) bond motifs is 1. The molecule has 0 amide bonds. The Labute approximate surface area is 107 Å². The summed E-state index contributed by atoms with van der Waals surface area (Å²) in [6, 6.07) is 6.93. The molecule has 2 aromatic rings. The van der Waals surface area contributed by atoms with E-state index in [0.29, 0.717) is 17.6 Å². The molecule has 0 spiro atoms. The Bertz CT molecular complexity index is 628. The van der Waals surface area contributed by atoms with Gasteiger partial charge >= 0.3 is 11.9 Å². The van der Waals surface area contributed by atoms with Crippen LogP contribution in [0.5, 0.6) is 0 Å². The van der Waals surface area contributed by atoms with E-state index in [1.165, 1.54) is 9.13 Å². The summed E-state index contributed by atoms with van der Waals surface area (Å²) in [5.74, 6) is 0. The van der Waals surface area contributed by atoms with E-state index in [1.807, 2.05) is 0 Å². The second kappa shape index (κ2) is 5.08. The van der Waals surface area contributed by atoms with Crippen LogP contribution in [0.3, 0.4) is 0 Å². The maximum atomic E-state index is 12.0. The van der Waals surface area contributed by atoms with Crippen LogP contribution in [0.4, 0.5) is 13.2 Å². The third kappa shape index (κ3) is 2.81. The lowest BCUT2D eigenvalue weighted by atomic mass is 10.3. The molecule has 7 heteroatoms. The van der Waals surface area contributed by atoms with E-state index in [2.05, 4.69) is 4.74 Å². The summed E-state index contributed by atoms with van der Waals surface area (Å²) >= 11 is 0. The van der Waals surface area contributed by atoms with Crippen molar-refractivity contribution in [1.82, 2.24) is 9.13 Å². The number of para-hydroxylation sites is 2. The molecule has 1 heterocycles. The molecule has 0 unspecified atom stereocenters.